The molecule has 3 aromatic rings. The lowest BCUT2D eigenvalue weighted by molar-refractivity contribution is -0.113. The van der Waals surface area contributed by atoms with E-state index in [1.165, 1.54) is 26.5 Å². The van der Waals surface area contributed by atoms with Crippen LogP contribution in [0.3, 0.4) is 0 Å². The Morgan fingerprint density at radius 2 is 1.94 bits per heavy atom. The Kier molecular flexibility index (Phi) is 7.27. The molecule has 0 unspecified atom stereocenters. The second-order valence-corrected chi connectivity index (χ2v) is 6.95. The van der Waals surface area contributed by atoms with E-state index in [2.05, 4.69) is 26.0 Å². The molecule has 4 N–H and O–H groups in total. The number of carbonyl (C=O) groups is 1. The molecule has 0 aliphatic carbocycles. The van der Waals surface area contributed by atoms with Gasteiger partial charge in [0.05, 0.1) is 26.2 Å². The van der Waals surface area contributed by atoms with E-state index >= 15 is 0 Å². The summed E-state index contributed by atoms with van der Waals surface area (Å²) in [5.41, 5.74) is 3.42. The number of ether oxygens (including phenoxy) is 2. The number of carbonyl (C=O) groups excluding carboxylic acids is 1. The number of rotatable bonds is 9. The highest BCUT2D eigenvalue weighted by molar-refractivity contribution is 7.99. The van der Waals surface area contributed by atoms with Crippen molar-refractivity contribution in [1.29, 1.82) is 0 Å². The van der Waals surface area contributed by atoms with Crippen molar-refractivity contribution in [2.45, 2.75) is 5.16 Å². The quantitative estimate of drug-likeness (QED) is 0.198. The summed E-state index contributed by atoms with van der Waals surface area (Å²) in [4.78, 5) is 12.3. The number of anilines is 2. The summed E-state index contributed by atoms with van der Waals surface area (Å²) < 4.78 is 25.1. The number of nitrogens with two attached hydrogens (primary N) is 1. The first kappa shape index (κ1) is 21.9. The van der Waals surface area contributed by atoms with Crippen LogP contribution in [-0.2, 0) is 4.79 Å². The number of nitrogens with zero attached hydrogens (tertiary/aromatic N) is 4. The Balaban J connectivity index is 1.56. The molecule has 0 spiro atoms. The van der Waals surface area contributed by atoms with E-state index in [1.54, 1.807) is 36.4 Å². The van der Waals surface area contributed by atoms with Crippen LogP contribution in [0.4, 0.5) is 16.0 Å². The molecular weight excluding hydrogens is 425 g/mol. The van der Waals surface area contributed by atoms with Gasteiger partial charge in [0.1, 0.15) is 17.3 Å². The highest BCUT2D eigenvalue weighted by Gasteiger charge is 2.13. The highest BCUT2D eigenvalue weighted by atomic mass is 32.2. The van der Waals surface area contributed by atoms with Crippen molar-refractivity contribution < 1.29 is 18.7 Å². The molecular formula is C19H20FN7O3S. The van der Waals surface area contributed by atoms with Gasteiger partial charge in [0.25, 0.3) is 5.95 Å². The molecule has 1 aromatic heterocycles. The lowest BCUT2D eigenvalue weighted by atomic mass is 10.2. The molecule has 162 valence electrons. The molecule has 0 fully saturated rings. The summed E-state index contributed by atoms with van der Waals surface area (Å²) in [6.45, 7) is 0. The van der Waals surface area contributed by atoms with Gasteiger partial charge < -0.3 is 20.6 Å². The third-order valence-electron chi connectivity index (χ3n) is 3.91. The van der Waals surface area contributed by atoms with Crippen molar-refractivity contribution >= 4 is 35.5 Å². The molecule has 0 radical (unpaired) electrons. The summed E-state index contributed by atoms with van der Waals surface area (Å²) in [6.07, 6.45) is 1.30. The van der Waals surface area contributed by atoms with E-state index in [9.17, 15) is 9.18 Å². The Hall–Kier alpha value is -3.80. The normalized spacial score (nSPS) is 10.8. The molecule has 1 heterocycles. The minimum Gasteiger partial charge on any atom is -0.497 e. The molecule has 0 aliphatic heterocycles. The van der Waals surface area contributed by atoms with Crippen molar-refractivity contribution in [3.05, 3.63) is 53.8 Å². The zero-order valence-corrected chi connectivity index (χ0v) is 17.5. The number of hydrogen-bond donors (Lipinski definition) is 3. The molecule has 2 aromatic carbocycles. The first-order valence-corrected chi connectivity index (χ1v) is 9.88. The van der Waals surface area contributed by atoms with Crippen LogP contribution in [0.1, 0.15) is 5.56 Å². The van der Waals surface area contributed by atoms with Crippen LogP contribution < -0.4 is 26.1 Å². The summed E-state index contributed by atoms with van der Waals surface area (Å²) >= 11 is 1.09. The van der Waals surface area contributed by atoms with Crippen LogP contribution in [0.5, 0.6) is 11.5 Å². The largest absolute Gasteiger partial charge is 0.497 e. The van der Waals surface area contributed by atoms with Crippen LogP contribution in [0.25, 0.3) is 0 Å². The number of nitrogens with one attached hydrogen (secondary N) is 2. The zero-order valence-electron chi connectivity index (χ0n) is 16.7. The number of aromatic nitrogens is 3. The average molecular weight is 445 g/mol. The minimum atomic E-state index is -0.404. The zero-order chi connectivity index (χ0) is 22.2. The van der Waals surface area contributed by atoms with Crippen molar-refractivity contribution in [3.8, 4) is 11.5 Å². The summed E-state index contributed by atoms with van der Waals surface area (Å²) in [5, 5.41) is 14.7. The van der Waals surface area contributed by atoms with E-state index in [-0.39, 0.29) is 17.6 Å². The summed E-state index contributed by atoms with van der Waals surface area (Å²) in [7, 11) is 3.05. The van der Waals surface area contributed by atoms with Crippen LogP contribution in [0.15, 0.2) is 52.7 Å². The van der Waals surface area contributed by atoms with Crippen LogP contribution in [-0.4, -0.2) is 47.0 Å². The fourth-order valence-electron chi connectivity index (χ4n) is 2.40. The van der Waals surface area contributed by atoms with Gasteiger partial charge >= 0.3 is 0 Å². The molecule has 3 rings (SSSR count). The molecule has 31 heavy (non-hydrogen) atoms. The standard InChI is InChI=1S/C19H20FN7O3S/c1-29-14-7-13(8-15(9-14)30-2)23-17(28)11-31-19-26-25-18(27(19)21)24-22-10-12-5-3-4-6-16(12)20/h3-10H,11,21H2,1-2H3,(H,23,28)(H,24,25)/b22-10+. The number of thioether (sulfide) groups is 1. The number of methoxy groups -OCH3 is 2. The fraction of sp³-hybridized carbons (Fsp3) is 0.158. The maximum absolute atomic E-state index is 13.6. The maximum Gasteiger partial charge on any atom is 0.264 e. The summed E-state index contributed by atoms with van der Waals surface area (Å²) in [6, 6.07) is 11.2. The van der Waals surface area contributed by atoms with Gasteiger partial charge in [-0.15, -0.1) is 10.2 Å². The SMILES string of the molecule is COc1cc(NC(=O)CSc2nnc(N/N=C/c3ccccc3F)n2N)cc(OC)c1. The first-order chi connectivity index (χ1) is 15.0. The highest BCUT2D eigenvalue weighted by Crippen LogP contribution is 2.26. The molecule has 1 amide bonds. The van der Waals surface area contributed by atoms with Crippen LogP contribution >= 0.6 is 11.8 Å². The Morgan fingerprint density at radius 3 is 2.61 bits per heavy atom. The van der Waals surface area contributed by atoms with Gasteiger partial charge in [-0.25, -0.2) is 14.5 Å². The van der Waals surface area contributed by atoms with E-state index in [0.29, 0.717) is 27.9 Å². The number of hydrogen-bond acceptors (Lipinski definition) is 9. The molecule has 10 nitrogen and oxygen atoms in total. The van der Waals surface area contributed by atoms with Gasteiger partial charge in [0.15, 0.2) is 0 Å². The van der Waals surface area contributed by atoms with Crippen LogP contribution in [0, 0.1) is 5.82 Å². The first-order valence-electron chi connectivity index (χ1n) is 8.90. The Bertz CT molecular complexity index is 1070. The Morgan fingerprint density at radius 1 is 1.23 bits per heavy atom. The minimum absolute atomic E-state index is 0.0351. The van der Waals surface area contributed by atoms with Crippen LogP contribution in [0.2, 0.25) is 0 Å². The van der Waals surface area contributed by atoms with Gasteiger partial charge in [-0.05, 0) is 6.07 Å². The van der Waals surface area contributed by atoms with Gasteiger partial charge in [0.2, 0.25) is 11.1 Å². The number of nitrogen functional groups attached to an aromatic ring is 1. The smallest absolute Gasteiger partial charge is 0.264 e. The van der Waals surface area contributed by atoms with Crippen molar-refractivity contribution in [1.82, 2.24) is 14.9 Å². The van der Waals surface area contributed by atoms with E-state index in [1.807, 2.05) is 0 Å². The monoisotopic (exact) mass is 445 g/mol. The molecule has 0 saturated heterocycles. The molecule has 0 bridgehead atoms. The topological polar surface area (TPSA) is 129 Å². The fourth-order valence-corrected chi connectivity index (χ4v) is 3.05. The van der Waals surface area contributed by atoms with E-state index in [0.717, 1.165) is 16.4 Å². The number of hydrazone groups is 1. The second-order valence-electron chi connectivity index (χ2n) is 6.01. The average Bonchev–Trinajstić information content (AvgIpc) is 3.12. The predicted molar refractivity (Wildman–Crippen MR) is 117 cm³/mol. The number of benzene rings is 2. The molecule has 0 saturated carbocycles. The second kappa shape index (κ2) is 10.3. The van der Waals surface area contributed by atoms with E-state index in [4.69, 9.17) is 15.3 Å². The maximum atomic E-state index is 13.6. The van der Waals surface area contributed by atoms with Crippen molar-refractivity contribution in [2.75, 3.05) is 36.6 Å². The van der Waals surface area contributed by atoms with Gasteiger partial charge in [-0.2, -0.15) is 5.10 Å². The molecule has 0 atom stereocenters. The van der Waals surface area contributed by atoms with E-state index < -0.39 is 5.82 Å². The van der Waals surface area contributed by atoms with Gasteiger partial charge in [-0.3, -0.25) is 4.79 Å². The summed E-state index contributed by atoms with van der Waals surface area (Å²) in [5.74, 6) is 6.51. The van der Waals surface area contributed by atoms with Gasteiger partial charge in [-0.1, -0.05) is 30.0 Å². The lowest BCUT2D eigenvalue weighted by Crippen LogP contribution is -2.17. The van der Waals surface area contributed by atoms with Crippen molar-refractivity contribution in [3.63, 3.8) is 0 Å². The number of halogens is 1. The number of amides is 1. The Labute approximate surface area is 181 Å². The molecule has 0 aliphatic rings. The predicted octanol–water partition coefficient (Wildman–Crippen LogP) is 2.33. The van der Waals surface area contributed by atoms with Crippen molar-refractivity contribution in [2.24, 2.45) is 5.10 Å². The lowest BCUT2D eigenvalue weighted by Gasteiger charge is -2.09. The molecule has 12 heteroatoms. The van der Waals surface area contributed by atoms with Gasteiger partial charge in [0, 0.05) is 29.4 Å². The third kappa shape index (κ3) is 5.85. The third-order valence-corrected chi connectivity index (χ3v) is 4.85.